The van der Waals surface area contributed by atoms with Crippen LogP contribution in [0.15, 0.2) is 41.3 Å². The number of β-amino-alcohol motifs (C(OH)–C–C–N with tert-alkyl or cyclic N) is 1. The number of rotatable bonds is 4. The van der Waals surface area contributed by atoms with Crippen molar-refractivity contribution in [2.75, 3.05) is 18.0 Å². The first-order valence-corrected chi connectivity index (χ1v) is 10.8. The van der Waals surface area contributed by atoms with E-state index in [-0.39, 0.29) is 10.8 Å². The lowest BCUT2D eigenvalue weighted by Crippen LogP contribution is -2.44. The standard InChI is InChI=1S/C19H21Cl2NO4S/c1-12-2-5-19(27(24,25)26)14(8-12)9-13-6-7-22(11-18(13)23)17-4-3-15(20)10-16(17)21/h2-5,8,10,13,18,23H,6-7,9,11H2,1H3,(H,24,25,26). The minimum Gasteiger partial charge on any atom is -0.391 e. The van der Waals surface area contributed by atoms with Crippen LogP contribution in [0.4, 0.5) is 5.69 Å². The highest BCUT2D eigenvalue weighted by Gasteiger charge is 2.30. The van der Waals surface area contributed by atoms with Gasteiger partial charge in [0.15, 0.2) is 0 Å². The van der Waals surface area contributed by atoms with Gasteiger partial charge in [0.05, 0.1) is 21.7 Å². The molecule has 2 unspecified atom stereocenters. The fourth-order valence-electron chi connectivity index (χ4n) is 3.58. The molecule has 2 aromatic rings. The number of piperidine rings is 1. The molecule has 5 nitrogen and oxygen atoms in total. The molecule has 0 spiro atoms. The first-order chi connectivity index (χ1) is 12.6. The van der Waals surface area contributed by atoms with E-state index in [1.165, 1.54) is 6.07 Å². The summed E-state index contributed by atoms with van der Waals surface area (Å²) in [6.45, 7) is 2.92. The Morgan fingerprint density at radius 2 is 1.93 bits per heavy atom. The topological polar surface area (TPSA) is 77.8 Å². The van der Waals surface area contributed by atoms with Crippen molar-refractivity contribution < 1.29 is 18.1 Å². The van der Waals surface area contributed by atoms with E-state index in [2.05, 4.69) is 0 Å². The molecule has 2 N–H and O–H groups in total. The highest BCUT2D eigenvalue weighted by Crippen LogP contribution is 2.33. The number of halogens is 2. The fraction of sp³-hybridized carbons (Fsp3) is 0.368. The first kappa shape index (κ1) is 20.4. The minimum atomic E-state index is -4.30. The zero-order chi connectivity index (χ0) is 19.8. The van der Waals surface area contributed by atoms with Gasteiger partial charge in [0, 0.05) is 18.1 Å². The van der Waals surface area contributed by atoms with Crippen molar-refractivity contribution in [3.8, 4) is 0 Å². The van der Waals surface area contributed by atoms with E-state index < -0.39 is 16.2 Å². The second-order valence-electron chi connectivity index (χ2n) is 6.95. The number of hydrogen-bond donors (Lipinski definition) is 2. The quantitative estimate of drug-likeness (QED) is 0.718. The van der Waals surface area contributed by atoms with Crippen LogP contribution < -0.4 is 4.90 Å². The van der Waals surface area contributed by atoms with Crippen molar-refractivity contribution in [2.45, 2.75) is 30.8 Å². The Kier molecular flexibility index (Phi) is 6.03. The number of aliphatic hydroxyl groups is 1. The molecule has 2 aromatic carbocycles. The Bertz CT molecular complexity index is 949. The summed E-state index contributed by atoms with van der Waals surface area (Å²) in [5.41, 5.74) is 2.24. The molecule has 0 radical (unpaired) electrons. The summed E-state index contributed by atoms with van der Waals surface area (Å²) in [5, 5.41) is 11.7. The Morgan fingerprint density at radius 1 is 1.19 bits per heavy atom. The monoisotopic (exact) mass is 429 g/mol. The van der Waals surface area contributed by atoms with Crippen LogP contribution in [0.25, 0.3) is 0 Å². The predicted octanol–water partition coefficient (Wildman–Crippen LogP) is 3.98. The molecule has 0 bridgehead atoms. The van der Waals surface area contributed by atoms with Crippen LogP contribution in [-0.4, -0.2) is 37.3 Å². The first-order valence-electron chi connectivity index (χ1n) is 8.60. The molecule has 0 aliphatic carbocycles. The van der Waals surface area contributed by atoms with E-state index in [4.69, 9.17) is 23.2 Å². The van der Waals surface area contributed by atoms with Gasteiger partial charge in [0.1, 0.15) is 0 Å². The Morgan fingerprint density at radius 3 is 2.56 bits per heavy atom. The maximum absolute atomic E-state index is 11.6. The van der Waals surface area contributed by atoms with Gasteiger partial charge in [-0.15, -0.1) is 0 Å². The van der Waals surface area contributed by atoms with E-state index >= 15 is 0 Å². The van der Waals surface area contributed by atoms with Crippen molar-refractivity contribution in [2.24, 2.45) is 5.92 Å². The van der Waals surface area contributed by atoms with Gasteiger partial charge in [0.25, 0.3) is 10.1 Å². The average molecular weight is 430 g/mol. The molecule has 146 valence electrons. The third kappa shape index (κ3) is 4.76. The lowest BCUT2D eigenvalue weighted by Gasteiger charge is -2.38. The largest absolute Gasteiger partial charge is 0.391 e. The van der Waals surface area contributed by atoms with Crippen LogP contribution in [0.1, 0.15) is 17.5 Å². The van der Waals surface area contributed by atoms with Crippen LogP contribution in [0, 0.1) is 12.8 Å². The number of aliphatic hydroxyl groups excluding tert-OH is 1. The van der Waals surface area contributed by atoms with E-state index in [0.717, 1.165) is 11.3 Å². The predicted molar refractivity (Wildman–Crippen MR) is 107 cm³/mol. The molecule has 1 aliphatic heterocycles. The zero-order valence-electron chi connectivity index (χ0n) is 14.8. The number of benzene rings is 2. The van der Waals surface area contributed by atoms with E-state index in [9.17, 15) is 18.1 Å². The summed E-state index contributed by atoms with van der Waals surface area (Å²) in [4.78, 5) is 1.91. The van der Waals surface area contributed by atoms with Gasteiger partial charge in [-0.2, -0.15) is 8.42 Å². The van der Waals surface area contributed by atoms with Crippen molar-refractivity contribution >= 4 is 39.0 Å². The summed E-state index contributed by atoms with van der Waals surface area (Å²) >= 11 is 12.2. The summed E-state index contributed by atoms with van der Waals surface area (Å²) in [6, 6.07) is 10.1. The zero-order valence-corrected chi connectivity index (χ0v) is 17.1. The average Bonchev–Trinajstić information content (AvgIpc) is 2.56. The molecule has 1 heterocycles. The normalized spacial score (nSPS) is 20.7. The van der Waals surface area contributed by atoms with Gasteiger partial charge in [-0.05, 0) is 55.5 Å². The van der Waals surface area contributed by atoms with Crippen LogP contribution in [-0.2, 0) is 16.5 Å². The molecule has 2 atom stereocenters. The van der Waals surface area contributed by atoms with Crippen LogP contribution >= 0.6 is 23.2 Å². The number of hydrogen-bond acceptors (Lipinski definition) is 4. The molecule has 1 fully saturated rings. The van der Waals surface area contributed by atoms with Gasteiger partial charge in [-0.3, -0.25) is 4.55 Å². The smallest absolute Gasteiger partial charge is 0.294 e. The maximum atomic E-state index is 11.6. The summed E-state index contributed by atoms with van der Waals surface area (Å²) < 4.78 is 32.8. The summed E-state index contributed by atoms with van der Waals surface area (Å²) in [7, 11) is -4.30. The van der Waals surface area contributed by atoms with Gasteiger partial charge >= 0.3 is 0 Å². The highest BCUT2D eigenvalue weighted by molar-refractivity contribution is 7.85. The number of anilines is 1. The molecule has 1 saturated heterocycles. The van der Waals surface area contributed by atoms with Crippen molar-refractivity contribution in [1.82, 2.24) is 0 Å². The Balaban J connectivity index is 1.77. The molecule has 27 heavy (non-hydrogen) atoms. The van der Waals surface area contributed by atoms with Crippen molar-refractivity contribution in [1.29, 1.82) is 0 Å². The van der Waals surface area contributed by atoms with E-state index in [0.29, 0.717) is 41.5 Å². The second-order valence-corrected chi connectivity index (χ2v) is 9.18. The lowest BCUT2D eigenvalue weighted by molar-refractivity contribution is 0.0926. The van der Waals surface area contributed by atoms with Crippen molar-refractivity contribution in [3.05, 3.63) is 57.6 Å². The third-order valence-electron chi connectivity index (χ3n) is 4.95. The third-order valence-corrected chi connectivity index (χ3v) is 6.44. The molecule has 3 rings (SSSR count). The minimum absolute atomic E-state index is 0.0940. The van der Waals surface area contributed by atoms with Crippen LogP contribution in [0.3, 0.4) is 0 Å². The van der Waals surface area contributed by atoms with Gasteiger partial charge in [-0.1, -0.05) is 40.9 Å². The molecule has 0 aromatic heterocycles. The highest BCUT2D eigenvalue weighted by atomic mass is 35.5. The van der Waals surface area contributed by atoms with Crippen LogP contribution in [0.2, 0.25) is 10.0 Å². The van der Waals surface area contributed by atoms with Gasteiger partial charge in [-0.25, -0.2) is 0 Å². The Labute approximate surface area is 169 Å². The number of nitrogens with zero attached hydrogens (tertiary/aromatic N) is 1. The van der Waals surface area contributed by atoms with Gasteiger partial charge in [0.2, 0.25) is 0 Å². The fourth-order valence-corrected chi connectivity index (χ4v) is 4.82. The lowest BCUT2D eigenvalue weighted by atomic mass is 9.87. The molecule has 1 aliphatic rings. The Hall–Kier alpha value is -1.31. The molecule has 0 amide bonds. The summed E-state index contributed by atoms with van der Waals surface area (Å²) in [5.74, 6) is -0.116. The summed E-state index contributed by atoms with van der Waals surface area (Å²) in [6.07, 6.45) is 0.388. The SMILES string of the molecule is Cc1ccc(S(=O)(=O)O)c(CC2CCN(c3ccc(Cl)cc3Cl)CC2O)c1. The molecular formula is C19H21Cl2NO4S. The molecule has 0 saturated carbocycles. The number of aryl methyl sites for hydroxylation is 1. The van der Waals surface area contributed by atoms with E-state index in [1.54, 1.807) is 24.3 Å². The van der Waals surface area contributed by atoms with Crippen molar-refractivity contribution in [3.63, 3.8) is 0 Å². The second kappa shape index (κ2) is 7.97. The van der Waals surface area contributed by atoms with Crippen LogP contribution in [0.5, 0.6) is 0 Å². The molecule has 8 heteroatoms. The van der Waals surface area contributed by atoms with Gasteiger partial charge < -0.3 is 10.0 Å². The maximum Gasteiger partial charge on any atom is 0.294 e. The molecular weight excluding hydrogens is 409 g/mol. The van der Waals surface area contributed by atoms with E-state index in [1.807, 2.05) is 17.9 Å².